The molecule has 0 fully saturated rings. The second-order valence-electron chi connectivity index (χ2n) is 8.00. The molecule has 0 aliphatic carbocycles. The van der Waals surface area contributed by atoms with Crippen molar-refractivity contribution in [2.75, 3.05) is 16.4 Å². The maximum absolute atomic E-state index is 12.6. The predicted octanol–water partition coefficient (Wildman–Crippen LogP) is 6.54. The van der Waals surface area contributed by atoms with Crippen LogP contribution < -0.4 is 16.4 Å². The van der Waals surface area contributed by atoms with Gasteiger partial charge in [-0.25, -0.2) is 4.79 Å². The molecule has 0 heterocycles. The van der Waals surface area contributed by atoms with Crippen LogP contribution in [0.5, 0.6) is 5.75 Å². The lowest BCUT2D eigenvalue weighted by Crippen LogP contribution is -2.18. The first-order valence-corrected chi connectivity index (χ1v) is 12.2. The van der Waals surface area contributed by atoms with Gasteiger partial charge in [-0.15, -0.1) is 0 Å². The van der Waals surface area contributed by atoms with Crippen molar-refractivity contribution in [2.45, 2.75) is 32.3 Å². The number of nitrogens with one attached hydrogen (secondary N) is 2. The monoisotopic (exact) mass is 585 g/mol. The number of nitrogens with two attached hydrogens (primary N) is 1. The number of phenols is 1. The highest BCUT2D eigenvalue weighted by Crippen LogP contribution is 2.32. The minimum atomic E-state index is -0.651. The van der Waals surface area contributed by atoms with Crippen molar-refractivity contribution in [3.63, 3.8) is 0 Å². The average molecular weight is 585 g/mol. The molecule has 0 spiro atoms. The van der Waals surface area contributed by atoms with E-state index in [2.05, 4.69) is 33.2 Å². The number of aryl methyl sites for hydroxylation is 1. The van der Waals surface area contributed by atoms with Gasteiger partial charge in [-0.3, -0.25) is 10.1 Å². The second kappa shape index (κ2) is 12.8. The van der Waals surface area contributed by atoms with Gasteiger partial charge in [-0.2, -0.15) is 0 Å². The molecule has 8 heteroatoms. The van der Waals surface area contributed by atoms with Gasteiger partial charge in [0, 0.05) is 14.8 Å². The fraction of sp³-hybridized carbons (Fsp3) is 0.185. The molecule has 5 N–H and O–H groups in total. The van der Waals surface area contributed by atoms with Gasteiger partial charge in [-0.1, -0.05) is 35.9 Å². The Morgan fingerprint density at radius 2 is 1.83 bits per heavy atom. The number of allylic oxidation sites excluding steroid dienone is 1. The third-order valence-electron chi connectivity index (χ3n) is 5.21. The molecule has 0 bridgehead atoms. The fourth-order valence-electron chi connectivity index (χ4n) is 3.37. The summed E-state index contributed by atoms with van der Waals surface area (Å²) in [5, 5.41) is 15.9. The largest absolute Gasteiger partial charge is 0.508 e. The number of rotatable bonds is 9. The van der Waals surface area contributed by atoms with E-state index in [0.717, 1.165) is 9.13 Å². The molecule has 3 aromatic rings. The molecular formula is C27H28IN3O4. The van der Waals surface area contributed by atoms with Gasteiger partial charge in [0.05, 0.1) is 11.4 Å². The number of hydrogen-bond donors (Lipinski definition) is 4. The number of amides is 2. The molecule has 0 aliphatic rings. The van der Waals surface area contributed by atoms with Gasteiger partial charge < -0.3 is 20.9 Å². The van der Waals surface area contributed by atoms with E-state index in [-0.39, 0.29) is 11.7 Å². The lowest BCUT2D eigenvalue weighted by atomic mass is 10.0. The van der Waals surface area contributed by atoms with E-state index in [4.69, 9.17) is 10.5 Å². The van der Waals surface area contributed by atoms with Gasteiger partial charge in [-0.05, 0) is 97.3 Å². The summed E-state index contributed by atoms with van der Waals surface area (Å²) in [4.78, 5) is 24.7. The molecule has 0 aromatic heterocycles. The molecular weight excluding hydrogens is 557 g/mol. The first-order chi connectivity index (χ1) is 16.8. The molecule has 2 amide bonds. The SMILES string of the molecule is Cc1ccc(NC(=O)O[C@@H](CCC/C=C/C(=O)Nc2ccccc2N)c2cc(I)ccc2O)cc1. The van der Waals surface area contributed by atoms with E-state index < -0.39 is 12.2 Å². The summed E-state index contributed by atoms with van der Waals surface area (Å²) in [6.07, 6.45) is 3.63. The average Bonchev–Trinajstić information content (AvgIpc) is 2.82. The minimum absolute atomic E-state index is 0.0638. The Labute approximate surface area is 218 Å². The van der Waals surface area contributed by atoms with Crippen LogP contribution in [0.25, 0.3) is 0 Å². The number of ether oxygens (including phenoxy) is 1. The van der Waals surface area contributed by atoms with Crippen molar-refractivity contribution < 1.29 is 19.4 Å². The van der Waals surface area contributed by atoms with Gasteiger partial charge in [0.25, 0.3) is 0 Å². The first kappa shape index (κ1) is 26.1. The molecule has 1 atom stereocenters. The van der Waals surface area contributed by atoms with Crippen LogP contribution in [0, 0.1) is 10.5 Å². The van der Waals surface area contributed by atoms with Crippen LogP contribution in [0.3, 0.4) is 0 Å². The van der Waals surface area contributed by atoms with E-state index in [1.165, 1.54) is 6.08 Å². The summed E-state index contributed by atoms with van der Waals surface area (Å²) < 4.78 is 6.61. The van der Waals surface area contributed by atoms with E-state index in [9.17, 15) is 14.7 Å². The van der Waals surface area contributed by atoms with Crippen LogP contribution in [0.2, 0.25) is 0 Å². The van der Waals surface area contributed by atoms with Gasteiger partial charge in [0.2, 0.25) is 5.91 Å². The molecule has 35 heavy (non-hydrogen) atoms. The lowest BCUT2D eigenvalue weighted by molar-refractivity contribution is -0.111. The summed E-state index contributed by atoms with van der Waals surface area (Å²) in [5.41, 5.74) is 9.15. The van der Waals surface area contributed by atoms with E-state index in [0.29, 0.717) is 41.9 Å². The van der Waals surface area contributed by atoms with Crippen molar-refractivity contribution in [3.05, 3.63) is 93.6 Å². The number of benzene rings is 3. The number of anilines is 3. The van der Waals surface area contributed by atoms with Gasteiger partial charge in [0.15, 0.2) is 0 Å². The van der Waals surface area contributed by atoms with Crippen LogP contribution >= 0.6 is 22.6 Å². The Kier molecular flexibility index (Phi) is 9.54. The zero-order chi connectivity index (χ0) is 25.2. The topological polar surface area (TPSA) is 114 Å². The Balaban J connectivity index is 1.59. The van der Waals surface area contributed by atoms with Crippen LogP contribution in [0.1, 0.15) is 36.5 Å². The lowest BCUT2D eigenvalue weighted by Gasteiger charge is -2.20. The number of unbranched alkanes of at least 4 members (excludes halogenated alkanes) is 1. The molecule has 0 saturated carbocycles. The summed E-state index contributed by atoms with van der Waals surface area (Å²) in [6, 6.07) is 19.6. The summed E-state index contributed by atoms with van der Waals surface area (Å²) >= 11 is 2.15. The highest BCUT2D eigenvalue weighted by atomic mass is 127. The maximum Gasteiger partial charge on any atom is 0.412 e. The Hall–Kier alpha value is -3.53. The molecule has 3 rings (SSSR count). The molecule has 0 unspecified atom stereocenters. The molecule has 182 valence electrons. The fourth-order valence-corrected chi connectivity index (χ4v) is 3.89. The van der Waals surface area contributed by atoms with E-state index in [1.54, 1.807) is 60.7 Å². The number of halogens is 1. The molecule has 7 nitrogen and oxygen atoms in total. The third kappa shape index (κ3) is 8.32. The summed E-state index contributed by atoms with van der Waals surface area (Å²) in [7, 11) is 0. The van der Waals surface area contributed by atoms with Gasteiger partial charge >= 0.3 is 6.09 Å². The van der Waals surface area contributed by atoms with Crippen LogP contribution in [0.4, 0.5) is 21.9 Å². The van der Waals surface area contributed by atoms with Crippen molar-refractivity contribution in [1.29, 1.82) is 0 Å². The first-order valence-electron chi connectivity index (χ1n) is 11.2. The van der Waals surface area contributed by atoms with Crippen LogP contribution in [-0.4, -0.2) is 17.1 Å². The number of nitrogen functional groups attached to an aromatic ring is 1. The number of carbonyl (C=O) groups is 2. The molecule has 3 aromatic carbocycles. The normalized spacial score (nSPS) is 11.7. The van der Waals surface area contributed by atoms with Crippen molar-refractivity contribution in [3.8, 4) is 5.75 Å². The van der Waals surface area contributed by atoms with Crippen LogP contribution in [-0.2, 0) is 9.53 Å². The smallest absolute Gasteiger partial charge is 0.412 e. The number of para-hydroxylation sites is 2. The molecule has 0 saturated heterocycles. The van der Waals surface area contributed by atoms with Gasteiger partial charge in [0.1, 0.15) is 11.9 Å². The summed E-state index contributed by atoms with van der Waals surface area (Å²) in [5.74, 6) is -0.211. The quantitative estimate of drug-likeness (QED) is 0.0986. The van der Waals surface area contributed by atoms with Crippen molar-refractivity contribution >= 4 is 51.7 Å². The Bertz CT molecular complexity index is 1200. The van der Waals surface area contributed by atoms with Crippen LogP contribution in [0.15, 0.2) is 78.9 Å². The number of hydrogen-bond acceptors (Lipinski definition) is 5. The predicted molar refractivity (Wildman–Crippen MR) is 147 cm³/mol. The van der Waals surface area contributed by atoms with Crippen molar-refractivity contribution in [1.82, 2.24) is 0 Å². The second-order valence-corrected chi connectivity index (χ2v) is 9.24. The zero-order valence-corrected chi connectivity index (χ0v) is 21.5. The van der Waals surface area contributed by atoms with E-state index in [1.807, 2.05) is 19.1 Å². The number of carbonyl (C=O) groups excluding carboxylic acids is 2. The number of aromatic hydroxyl groups is 1. The molecule has 0 aliphatic heterocycles. The third-order valence-corrected chi connectivity index (χ3v) is 5.88. The molecule has 0 radical (unpaired) electrons. The highest BCUT2D eigenvalue weighted by Gasteiger charge is 2.20. The number of phenolic OH excluding ortho intramolecular Hbond substituents is 1. The minimum Gasteiger partial charge on any atom is -0.508 e. The Morgan fingerprint density at radius 3 is 2.57 bits per heavy atom. The highest BCUT2D eigenvalue weighted by molar-refractivity contribution is 14.1. The zero-order valence-electron chi connectivity index (χ0n) is 19.3. The summed E-state index contributed by atoms with van der Waals surface area (Å²) in [6.45, 7) is 1.97. The maximum atomic E-state index is 12.6. The standard InChI is InChI=1S/C27H28IN3O4/c1-18-11-14-20(15-12-18)30-27(34)35-25(21-17-19(28)13-16-24(21)32)9-3-2-4-10-26(33)31-23-8-6-5-7-22(23)29/h4-8,10-17,25,32H,2-3,9,29H2,1H3,(H,30,34)(H,31,33)/b10-4+/t25-/m0/s1. The Morgan fingerprint density at radius 1 is 1.09 bits per heavy atom. The van der Waals surface area contributed by atoms with E-state index >= 15 is 0 Å². The van der Waals surface area contributed by atoms with Crippen molar-refractivity contribution in [2.24, 2.45) is 0 Å².